The van der Waals surface area contributed by atoms with Crippen LogP contribution in [-0.2, 0) is 0 Å². The van der Waals surface area contributed by atoms with E-state index in [1.807, 2.05) is 67.6 Å². The summed E-state index contributed by atoms with van der Waals surface area (Å²) in [5, 5.41) is 0.689. The monoisotopic (exact) mass is 354 g/mol. The molecule has 3 rings (SSSR count). The molecule has 3 aromatic carbocycles. The van der Waals surface area contributed by atoms with E-state index in [-0.39, 0.29) is 0 Å². The van der Waals surface area contributed by atoms with Crippen LogP contribution in [0.2, 0.25) is 5.02 Å². The van der Waals surface area contributed by atoms with E-state index < -0.39 is 0 Å². The summed E-state index contributed by atoms with van der Waals surface area (Å²) in [5.41, 5.74) is 1.20. The number of halogens is 1. The molecule has 0 aromatic heterocycles. The standard InChI is InChI=1S/C21H19ClO3/c1-16-5-9-19(10-6-16)25-21-4-2-3-20(15-21)24-14-13-23-18-11-7-17(22)8-12-18/h2-12,15H,13-14H2,1H3. The first-order chi connectivity index (χ1) is 12.2. The normalized spacial score (nSPS) is 10.3. The highest BCUT2D eigenvalue weighted by Gasteiger charge is 2.01. The van der Waals surface area contributed by atoms with E-state index >= 15 is 0 Å². The maximum Gasteiger partial charge on any atom is 0.131 e. The van der Waals surface area contributed by atoms with Gasteiger partial charge in [0.2, 0.25) is 0 Å². The summed E-state index contributed by atoms with van der Waals surface area (Å²) in [6, 6.07) is 22.7. The molecular weight excluding hydrogens is 336 g/mol. The Hall–Kier alpha value is -2.65. The molecule has 0 aliphatic rings. The van der Waals surface area contributed by atoms with Crippen LogP contribution in [-0.4, -0.2) is 13.2 Å². The molecule has 25 heavy (non-hydrogen) atoms. The molecule has 0 radical (unpaired) electrons. The molecule has 128 valence electrons. The largest absolute Gasteiger partial charge is 0.490 e. The third-order valence-electron chi connectivity index (χ3n) is 3.50. The van der Waals surface area contributed by atoms with Gasteiger partial charge in [-0.25, -0.2) is 0 Å². The van der Waals surface area contributed by atoms with E-state index in [2.05, 4.69) is 0 Å². The maximum atomic E-state index is 5.84. The van der Waals surface area contributed by atoms with Crippen molar-refractivity contribution in [3.63, 3.8) is 0 Å². The van der Waals surface area contributed by atoms with Crippen LogP contribution in [0.1, 0.15) is 5.56 Å². The van der Waals surface area contributed by atoms with Crippen molar-refractivity contribution in [2.24, 2.45) is 0 Å². The molecule has 0 atom stereocenters. The quantitative estimate of drug-likeness (QED) is 0.494. The van der Waals surface area contributed by atoms with Crippen molar-refractivity contribution in [2.45, 2.75) is 6.92 Å². The van der Waals surface area contributed by atoms with Crippen molar-refractivity contribution in [1.82, 2.24) is 0 Å². The van der Waals surface area contributed by atoms with Crippen LogP contribution in [0.5, 0.6) is 23.0 Å². The van der Waals surface area contributed by atoms with Gasteiger partial charge in [0.25, 0.3) is 0 Å². The number of aryl methyl sites for hydroxylation is 1. The van der Waals surface area contributed by atoms with Crippen LogP contribution < -0.4 is 14.2 Å². The molecule has 0 spiro atoms. The fourth-order valence-electron chi connectivity index (χ4n) is 2.22. The van der Waals surface area contributed by atoms with E-state index in [0.717, 1.165) is 23.0 Å². The molecule has 0 saturated heterocycles. The Morgan fingerprint density at radius 2 is 1.28 bits per heavy atom. The van der Waals surface area contributed by atoms with Gasteiger partial charge in [-0.15, -0.1) is 0 Å². The summed E-state index contributed by atoms with van der Waals surface area (Å²) in [4.78, 5) is 0. The minimum Gasteiger partial charge on any atom is -0.490 e. The fraction of sp³-hybridized carbons (Fsp3) is 0.143. The van der Waals surface area contributed by atoms with Crippen molar-refractivity contribution >= 4 is 11.6 Å². The molecule has 3 aromatic rings. The average Bonchev–Trinajstić information content (AvgIpc) is 2.63. The van der Waals surface area contributed by atoms with E-state index in [9.17, 15) is 0 Å². The van der Waals surface area contributed by atoms with Gasteiger partial charge in [-0.05, 0) is 55.5 Å². The van der Waals surface area contributed by atoms with Crippen molar-refractivity contribution in [3.05, 3.63) is 83.4 Å². The van der Waals surface area contributed by atoms with Gasteiger partial charge < -0.3 is 14.2 Å². The minimum atomic E-state index is 0.441. The van der Waals surface area contributed by atoms with Crippen LogP contribution >= 0.6 is 11.6 Å². The Labute approximate surface area is 152 Å². The molecule has 0 unspecified atom stereocenters. The summed E-state index contributed by atoms with van der Waals surface area (Å²) in [5.74, 6) is 3.04. The number of hydrogen-bond donors (Lipinski definition) is 0. The zero-order chi connectivity index (χ0) is 17.5. The lowest BCUT2D eigenvalue weighted by Gasteiger charge is -2.10. The smallest absolute Gasteiger partial charge is 0.131 e. The number of ether oxygens (including phenoxy) is 3. The molecule has 4 heteroatoms. The second-order valence-electron chi connectivity index (χ2n) is 5.54. The molecule has 3 nitrogen and oxygen atoms in total. The predicted molar refractivity (Wildman–Crippen MR) is 100 cm³/mol. The van der Waals surface area contributed by atoms with E-state index in [1.54, 1.807) is 12.1 Å². The lowest BCUT2D eigenvalue weighted by molar-refractivity contribution is 0.217. The summed E-state index contributed by atoms with van der Waals surface area (Å²) in [7, 11) is 0. The van der Waals surface area contributed by atoms with E-state index in [4.69, 9.17) is 25.8 Å². The summed E-state index contributed by atoms with van der Waals surface area (Å²) in [6.45, 7) is 2.94. The van der Waals surface area contributed by atoms with E-state index in [1.165, 1.54) is 5.56 Å². The lowest BCUT2D eigenvalue weighted by atomic mass is 10.2. The Morgan fingerprint density at radius 3 is 2.00 bits per heavy atom. The summed E-state index contributed by atoms with van der Waals surface area (Å²) >= 11 is 5.84. The van der Waals surface area contributed by atoms with Crippen LogP contribution in [0.15, 0.2) is 72.8 Å². The predicted octanol–water partition coefficient (Wildman–Crippen LogP) is 5.90. The molecule has 0 bridgehead atoms. The Morgan fingerprint density at radius 1 is 0.680 bits per heavy atom. The van der Waals surface area contributed by atoms with Crippen molar-refractivity contribution in [3.8, 4) is 23.0 Å². The number of rotatable bonds is 7. The van der Waals surface area contributed by atoms with Gasteiger partial charge in [0, 0.05) is 11.1 Å². The van der Waals surface area contributed by atoms with Gasteiger partial charge in [-0.1, -0.05) is 35.4 Å². The molecule has 0 aliphatic carbocycles. The molecule has 0 fully saturated rings. The second-order valence-corrected chi connectivity index (χ2v) is 5.98. The van der Waals surface area contributed by atoms with Gasteiger partial charge in [-0.2, -0.15) is 0 Å². The van der Waals surface area contributed by atoms with Crippen LogP contribution in [0.3, 0.4) is 0 Å². The second kappa shape index (κ2) is 8.45. The first-order valence-corrected chi connectivity index (χ1v) is 8.42. The zero-order valence-corrected chi connectivity index (χ0v) is 14.7. The van der Waals surface area contributed by atoms with Gasteiger partial charge in [0.05, 0.1) is 0 Å². The van der Waals surface area contributed by atoms with Gasteiger partial charge in [0.15, 0.2) is 0 Å². The zero-order valence-electron chi connectivity index (χ0n) is 13.9. The Balaban J connectivity index is 1.49. The first kappa shape index (κ1) is 17.2. The lowest BCUT2D eigenvalue weighted by Crippen LogP contribution is -2.08. The van der Waals surface area contributed by atoms with E-state index in [0.29, 0.717) is 18.2 Å². The summed E-state index contributed by atoms with van der Waals surface area (Å²) < 4.78 is 17.2. The van der Waals surface area contributed by atoms with Crippen LogP contribution in [0.25, 0.3) is 0 Å². The van der Waals surface area contributed by atoms with Crippen molar-refractivity contribution in [1.29, 1.82) is 0 Å². The van der Waals surface area contributed by atoms with Gasteiger partial charge in [0.1, 0.15) is 36.2 Å². The molecule has 0 heterocycles. The third-order valence-corrected chi connectivity index (χ3v) is 3.75. The van der Waals surface area contributed by atoms with Crippen LogP contribution in [0, 0.1) is 6.92 Å². The average molecular weight is 355 g/mol. The molecule has 0 saturated carbocycles. The summed E-state index contributed by atoms with van der Waals surface area (Å²) in [6.07, 6.45) is 0. The molecular formula is C21H19ClO3. The molecule has 0 amide bonds. The molecule has 0 aliphatic heterocycles. The maximum absolute atomic E-state index is 5.84. The van der Waals surface area contributed by atoms with Crippen LogP contribution in [0.4, 0.5) is 0 Å². The topological polar surface area (TPSA) is 27.7 Å². The number of hydrogen-bond acceptors (Lipinski definition) is 3. The highest BCUT2D eigenvalue weighted by Crippen LogP contribution is 2.25. The minimum absolute atomic E-state index is 0.441. The Kier molecular flexibility index (Phi) is 5.81. The third kappa shape index (κ3) is 5.44. The molecule has 0 N–H and O–H groups in total. The number of benzene rings is 3. The van der Waals surface area contributed by atoms with Gasteiger partial charge >= 0.3 is 0 Å². The fourth-order valence-corrected chi connectivity index (χ4v) is 2.35. The van der Waals surface area contributed by atoms with Crippen molar-refractivity contribution < 1.29 is 14.2 Å². The highest BCUT2D eigenvalue weighted by atomic mass is 35.5. The first-order valence-electron chi connectivity index (χ1n) is 8.05. The van der Waals surface area contributed by atoms with Gasteiger partial charge in [-0.3, -0.25) is 0 Å². The highest BCUT2D eigenvalue weighted by molar-refractivity contribution is 6.30. The SMILES string of the molecule is Cc1ccc(Oc2cccc(OCCOc3ccc(Cl)cc3)c2)cc1. The van der Waals surface area contributed by atoms with Crippen molar-refractivity contribution in [2.75, 3.05) is 13.2 Å². The Bertz CT molecular complexity index is 798.